The third kappa shape index (κ3) is 3.54. The van der Waals surface area contributed by atoms with Gasteiger partial charge in [-0.1, -0.05) is 44.2 Å². The number of fused-ring (bicyclic) bond motifs is 1. The lowest BCUT2D eigenvalue weighted by Crippen LogP contribution is -2.13. The number of carbonyl (C=O) groups excluding carboxylic acids is 1. The molecule has 140 valence electrons. The van der Waals surface area contributed by atoms with E-state index >= 15 is 0 Å². The highest BCUT2D eigenvalue weighted by atomic mass is 16.3. The largest absolute Gasteiger partial charge is 0.436 e. The van der Waals surface area contributed by atoms with Crippen molar-refractivity contribution < 1.29 is 9.21 Å². The fraction of sp³-hybridized carbons (Fsp3) is 0.167. The Morgan fingerprint density at radius 2 is 1.82 bits per heavy atom. The van der Waals surface area contributed by atoms with E-state index in [1.165, 1.54) is 5.56 Å². The Labute approximate surface area is 164 Å². The number of nitrogens with zero attached hydrogens (tertiary/aromatic N) is 1. The number of oxazole rings is 1. The van der Waals surface area contributed by atoms with Crippen LogP contribution >= 0.6 is 0 Å². The van der Waals surface area contributed by atoms with Gasteiger partial charge in [0, 0.05) is 16.8 Å². The van der Waals surface area contributed by atoms with E-state index in [9.17, 15) is 4.79 Å². The van der Waals surface area contributed by atoms with Crippen LogP contribution in [-0.2, 0) is 0 Å². The van der Waals surface area contributed by atoms with Crippen molar-refractivity contribution in [1.82, 2.24) is 4.98 Å². The summed E-state index contributed by atoms with van der Waals surface area (Å²) in [5, 5.41) is 2.96. The van der Waals surface area contributed by atoms with E-state index in [1.54, 1.807) is 0 Å². The van der Waals surface area contributed by atoms with Crippen LogP contribution in [0.5, 0.6) is 0 Å². The molecule has 0 unspecified atom stereocenters. The molecule has 4 nitrogen and oxygen atoms in total. The van der Waals surface area contributed by atoms with Crippen LogP contribution in [-0.4, -0.2) is 10.9 Å². The molecule has 0 aliphatic rings. The predicted molar refractivity (Wildman–Crippen MR) is 113 cm³/mol. The summed E-state index contributed by atoms with van der Waals surface area (Å²) >= 11 is 0. The molecule has 0 aliphatic heterocycles. The standard InChI is InChI=1S/C24H22N2O2/c1-15(2)17-11-12-22-21(14-17)26-24(28-22)18-8-6-9-19(13-18)25-23(27)20-10-5-4-7-16(20)3/h4-15H,1-3H3,(H,25,27). The van der Waals surface area contributed by atoms with E-state index in [1.807, 2.05) is 61.5 Å². The van der Waals surface area contributed by atoms with Crippen LogP contribution in [0.25, 0.3) is 22.6 Å². The molecule has 0 aliphatic carbocycles. The van der Waals surface area contributed by atoms with Crippen LogP contribution in [0.1, 0.15) is 41.3 Å². The number of nitrogens with one attached hydrogen (secondary N) is 1. The van der Waals surface area contributed by atoms with Gasteiger partial charge in [0.2, 0.25) is 5.89 Å². The Hall–Kier alpha value is -3.40. The van der Waals surface area contributed by atoms with Gasteiger partial charge in [0.15, 0.2) is 5.58 Å². The van der Waals surface area contributed by atoms with Crippen molar-refractivity contribution in [2.24, 2.45) is 0 Å². The number of aromatic nitrogens is 1. The SMILES string of the molecule is Cc1ccccc1C(=O)Nc1cccc(-c2nc3cc(C(C)C)ccc3o2)c1. The number of aryl methyl sites for hydroxylation is 1. The molecule has 0 radical (unpaired) electrons. The second kappa shape index (κ2) is 7.31. The maximum atomic E-state index is 12.6. The minimum absolute atomic E-state index is 0.130. The Balaban J connectivity index is 1.63. The molecular formula is C24H22N2O2. The summed E-state index contributed by atoms with van der Waals surface area (Å²) in [6.45, 7) is 6.24. The maximum absolute atomic E-state index is 12.6. The highest BCUT2D eigenvalue weighted by Crippen LogP contribution is 2.28. The lowest BCUT2D eigenvalue weighted by molar-refractivity contribution is 0.102. The van der Waals surface area contributed by atoms with Crippen LogP contribution in [0.4, 0.5) is 5.69 Å². The monoisotopic (exact) mass is 370 g/mol. The molecule has 0 atom stereocenters. The highest BCUT2D eigenvalue weighted by Gasteiger charge is 2.12. The lowest BCUT2D eigenvalue weighted by atomic mass is 10.0. The van der Waals surface area contributed by atoms with E-state index in [4.69, 9.17) is 4.42 Å². The second-order valence-corrected chi connectivity index (χ2v) is 7.25. The normalized spacial score (nSPS) is 11.1. The first-order valence-corrected chi connectivity index (χ1v) is 9.39. The Morgan fingerprint density at radius 1 is 1.00 bits per heavy atom. The molecule has 0 saturated carbocycles. The summed E-state index contributed by atoms with van der Waals surface area (Å²) in [6, 6.07) is 21.2. The van der Waals surface area contributed by atoms with Crippen LogP contribution in [0.2, 0.25) is 0 Å². The quantitative estimate of drug-likeness (QED) is 0.467. The third-order valence-corrected chi connectivity index (χ3v) is 4.84. The zero-order chi connectivity index (χ0) is 19.7. The molecule has 0 spiro atoms. The van der Waals surface area contributed by atoms with Gasteiger partial charge in [0.1, 0.15) is 5.52 Å². The molecule has 1 heterocycles. The van der Waals surface area contributed by atoms with Gasteiger partial charge in [-0.05, 0) is 60.4 Å². The van der Waals surface area contributed by atoms with E-state index in [-0.39, 0.29) is 5.91 Å². The number of benzene rings is 3. The van der Waals surface area contributed by atoms with Crippen LogP contribution < -0.4 is 5.32 Å². The first-order valence-electron chi connectivity index (χ1n) is 9.39. The lowest BCUT2D eigenvalue weighted by Gasteiger charge is -2.08. The first kappa shape index (κ1) is 18.0. The number of rotatable bonds is 4. The van der Waals surface area contributed by atoms with Gasteiger partial charge in [-0.3, -0.25) is 4.79 Å². The Kier molecular flexibility index (Phi) is 4.70. The van der Waals surface area contributed by atoms with Crippen LogP contribution in [0.3, 0.4) is 0 Å². The molecular weight excluding hydrogens is 348 g/mol. The Bertz CT molecular complexity index is 1160. The summed E-state index contributed by atoms with van der Waals surface area (Å²) in [4.78, 5) is 17.2. The predicted octanol–water partition coefficient (Wildman–Crippen LogP) is 6.18. The second-order valence-electron chi connectivity index (χ2n) is 7.25. The van der Waals surface area contributed by atoms with Crippen molar-refractivity contribution in [2.75, 3.05) is 5.32 Å². The highest BCUT2D eigenvalue weighted by molar-refractivity contribution is 6.05. The molecule has 1 aromatic heterocycles. The van der Waals surface area contributed by atoms with Crippen molar-refractivity contribution in [1.29, 1.82) is 0 Å². The minimum Gasteiger partial charge on any atom is -0.436 e. The number of carbonyl (C=O) groups is 1. The van der Waals surface area contributed by atoms with Crippen LogP contribution in [0.15, 0.2) is 71.1 Å². The van der Waals surface area contributed by atoms with E-state index in [0.717, 1.165) is 22.2 Å². The molecule has 0 bridgehead atoms. The van der Waals surface area contributed by atoms with Gasteiger partial charge in [0.05, 0.1) is 0 Å². The van der Waals surface area contributed by atoms with Gasteiger partial charge in [-0.2, -0.15) is 0 Å². The topological polar surface area (TPSA) is 55.1 Å². The van der Waals surface area contributed by atoms with Crippen molar-refractivity contribution >= 4 is 22.7 Å². The van der Waals surface area contributed by atoms with Gasteiger partial charge < -0.3 is 9.73 Å². The summed E-state index contributed by atoms with van der Waals surface area (Å²) in [7, 11) is 0. The molecule has 4 aromatic rings. The zero-order valence-corrected chi connectivity index (χ0v) is 16.2. The smallest absolute Gasteiger partial charge is 0.255 e. The molecule has 0 saturated heterocycles. The third-order valence-electron chi connectivity index (χ3n) is 4.84. The fourth-order valence-electron chi connectivity index (χ4n) is 3.18. The van der Waals surface area contributed by atoms with Gasteiger partial charge in [0.25, 0.3) is 5.91 Å². The van der Waals surface area contributed by atoms with Gasteiger partial charge in [-0.25, -0.2) is 4.98 Å². The number of anilines is 1. The van der Waals surface area contributed by atoms with E-state index in [0.29, 0.717) is 23.1 Å². The average molecular weight is 370 g/mol. The fourth-order valence-corrected chi connectivity index (χ4v) is 3.18. The molecule has 1 amide bonds. The van der Waals surface area contributed by atoms with E-state index < -0.39 is 0 Å². The molecule has 28 heavy (non-hydrogen) atoms. The Morgan fingerprint density at radius 3 is 2.61 bits per heavy atom. The first-order chi connectivity index (χ1) is 13.5. The maximum Gasteiger partial charge on any atom is 0.255 e. The number of amides is 1. The molecule has 0 fully saturated rings. The van der Waals surface area contributed by atoms with E-state index in [2.05, 4.69) is 36.3 Å². The average Bonchev–Trinajstić information content (AvgIpc) is 3.12. The summed E-state index contributed by atoms with van der Waals surface area (Å²) in [6.07, 6.45) is 0. The van der Waals surface area contributed by atoms with Gasteiger partial charge in [-0.15, -0.1) is 0 Å². The molecule has 4 heteroatoms. The van der Waals surface area contributed by atoms with Crippen LogP contribution in [0, 0.1) is 6.92 Å². The summed E-state index contributed by atoms with van der Waals surface area (Å²) in [5.74, 6) is 0.849. The molecule has 4 rings (SSSR count). The van der Waals surface area contributed by atoms with Crippen molar-refractivity contribution in [2.45, 2.75) is 26.7 Å². The number of hydrogen-bond donors (Lipinski definition) is 1. The molecule has 3 aromatic carbocycles. The van der Waals surface area contributed by atoms with Gasteiger partial charge >= 0.3 is 0 Å². The van der Waals surface area contributed by atoms with Crippen molar-refractivity contribution in [3.8, 4) is 11.5 Å². The van der Waals surface area contributed by atoms with Crippen molar-refractivity contribution in [3.63, 3.8) is 0 Å². The summed E-state index contributed by atoms with van der Waals surface area (Å²) in [5.41, 5.74) is 5.96. The molecule has 1 N–H and O–H groups in total. The van der Waals surface area contributed by atoms with Crippen molar-refractivity contribution in [3.05, 3.63) is 83.4 Å². The zero-order valence-electron chi connectivity index (χ0n) is 16.2. The minimum atomic E-state index is -0.130. The summed E-state index contributed by atoms with van der Waals surface area (Å²) < 4.78 is 5.93. The number of hydrogen-bond acceptors (Lipinski definition) is 3.